The molecule has 1 heterocycles. The molecule has 0 saturated heterocycles. The fourth-order valence-corrected chi connectivity index (χ4v) is 3.38. The zero-order chi connectivity index (χ0) is 18.0. The van der Waals surface area contributed by atoms with Crippen molar-refractivity contribution in [2.75, 3.05) is 20.6 Å². The van der Waals surface area contributed by atoms with Gasteiger partial charge in [0.25, 0.3) is 5.91 Å². The van der Waals surface area contributed by atoms with E-state index in [0.29, 0.717) is 17.1 Å². The lowest BCUT2D eigenvalue weighted by Crippen LogP contribution is -2.34. The summed E-state index contributed by atoms with van der Waals surface area (Å²) in [5, 5.41) is 4.73. The summed E-state index contributed by atoms with van der Waals surface area (Å²) in [4.78, 5) is 14.8. The lowest BCUT2D eigenvalue weighted by molar-refractivity contribution is 0.0943. The third-order valence-electron chi connectivity index (χ3n) is 4.49. The van der Waals surface area contributed by atoms with Crippen molar-refractivity contribution in [3.8, 4) is 0 Å². The lowest BCUT2D eigenvalue weighted by Gasteiger charge is -2.26. The van der Waals surface area contributed by atoms with Crippen LogP contribution in [0, 0.1) is 0 Å². The molecule has 1 atom stereocenters. The Morgan fingerprint density at radius 1 is 1.16 bits per heavy atom. The van der Waals surface area contributed by atoms with Gasteiger partial charge in [-0.3, -0.25) is 4.79 Å². The first kappa shape index (κ1) is 17.5. The van der Waals surface area contributed by atoms with E-state index in [1.54, 1.807) is 0 Å². The topological polar surface area (TPSA) is 37.3 Å². The standard InChI is InChI=1S/C20H22ClN3O/c1-23(2)19(15-9-4-6-10-17(15)21)12-22-20(25)16-13-24(3)18-11-7-5-8-14(16)18/h4-11,13,19H,12H2,1-3H3,(H,22,25). The highest BCUT2D eigenvalue weighted by Gasteiger charge is 2.19. The number of hydrogen-bond donors (Lipinski definition) is 1. The van der Waals surface area contributed by atoms with Crippen molar-refractivity contribution in [2.24, 2.45) is 7.05 Å². The van der Waals surface area contributed by atoms with Crippen molar-refractivity contribution in [1.29, 1.82) is 0 Å². The van der Waals surface area contributed by atoms with E-state index < -0.39 is 0 Å². The van der Waals surface area contributed by atoms with Gasteiger partial charge >= 0.3 is 0 Å². The van der Waals surface area contributed by atoms with Gasteiger partial charge in [-0.1, -0.05) is 48.0 Å². The van der Waals surface area contributed by atoms with Crippen LogP contribution in [0.5, 0.6) is 0 Å². The smallest absolute Gasteiger partial charge is 0.253 e. The summed E-state index contributed by atoms with van der Waals surface area (Å²) in [5.41, 5.74) is 2.74. The molecule has 0 bridgehead atoms. The Morgan fingerprint density at radius 3 is 2.56 bits per heavy atom. The second-order valence-electron chi connectivity index (χ2n) is 6.38. The number of benzene rings is 2. The fraction of sp³-hybridized carbons (Fsp3) is 0.250. The van der Waals surface area contributed by atoms with E-state index in [2.05, 4.69) is 10.2 Å². The van der Waals surface area contributed by atoms with Gasteiger partial charge in [0, 0.05) is 35.7 Å². The number of nitrogens with one attached hydrogen (secondary N) is 1. The monoisotopic (exact) mass is 355 g/mol. The van der Waals surface area contributed by atoms with E-state index in [1.807, 2.05) is 80.4 Å². The van der Waals surface area contributed by atoms with Crippen LogP contribution in [-0.2, 0) is 7.05 Å². The predicted octanol–water partition coefficient (Wildman–Crippen LogP) is 3.86. The van der Waals surface area contributed by atoms with Gasteiger partial charge in [0.15, 0.2) is 0 Å². The van der Waals surface area contributed by atoms with E-state index in [-0.39, 0.29) is 11.9 Å². The summed E-state index contributed by atoms with van der Waals surface area (Å²) < 4.78 is 1.97. The van der Waals surface area contributed by atoms with Crippen LogP contribution in [0.4, 0.5) is 0 Å². The van der Waals surface area contributed by atoms with Gasteiger partial charge in [0.05, 0.1) is 11.6 Å². The summed E-state index contributed by atoms with van der Waals surface area (Å²) >= 11 is 6.33. The number of likely N-dealkylation sites (N-methyl/N-ethyl adjacent to an activating group) is 1. The van der Waals surface area contributed by atoms with Crippen LogP contribution in [0.3, 0.4) is 0 Å². The molecule has 0 aliphatic heterocycles. The zero-order valence-electron chi connectivity index (χ0n) is 14.7. The van der Waals surface area contributed by atoms with E-state index in [4.69, 9.17) is 11.6 Å². The number of aryl methyl sites for hydroxylation is 1. The van der Waals surface area contributed by atoms with Crippen LogP contribution in [0.2, 0.25) is 5.02 Å². The van der Waals surface area contributed by atoms with E-state index in [0.717, 1.165) is 16.5 Å². The molecule has 0 spiro atoms. The molecular weight excluding hydrogens is 334 g/mol. The Bertz CT molecular complexity index is 901. The number of fused-ring (bicyclic) bond motifs is 1. The molecule has 1 amide bonds. The molecule has 0 aliphatic carbocycles. The van der Waals surface area contributed by atoms with E-state index in [9.17, 15) is 4.79 Å². The van der Waals surface area contributed by atoms with Crippen LogP contribution >= 0.6 is 11.6 Å². The first-order valence-corrected chi connectivity index (χ1v) is 8.60. The molecule has 0 saturated carbocycles. The molecular formula is C20H22ClN3O. The molecule has 130 valence electrons. The zero-order valence-corrected chi connectivity index (χ0v) is 15.4. The molecule has 1 N–H and O–H groups in total. The fourth-order valence-electron chi connectivity index (χ4n) is 3.12. The largest absolute Gasteiger partial charge is 0.350 e. The van der Waals surface area contributed by atoms with Crippen molar-refractivity contribution in [3.05, 3.63) is 70.9 Å². The normalized spacial score (nSPS) is 12.5. The number of aromatic nitrogens is 1. The average Bonchev–Trinajstić information content (AvgIpc) is 2.93. The number of rotatable bonds is 5. The highest BCUT2D eigenvalue weighted by atomic mass is 35.5. The van der Waals surface area contributed by atoms with Gasteiger partial charge in [0.1, 0.15) is 0 Å². The molecule has 1 aromatic heterocycles. The van der Waals surface area contributed by atoms with E-state index >= 15 is 0 Å². The number of nitrogens with zero attached hydrogens (tertiary/aromatic N) is 2. The van der Waals surface area contributed by atoms with E-state index in [1.165, 1.54) is 0 Å². The predicted molar refractivity (Wildman–Crippen MR) is 103 cm³/mol. The Balaban J connectivity index is 1.81. The van der Waals surface area contributed by atoms with Gasteiger partial charge in [-0.25, -0.2) is 0 Å². The Hall–Kier alpha value is -2.30. The van der Waals surface area contributed by atoms with Gasteiger partial charge < -0.3 is 14.8 Å². The third-order valence-corrected chi connectivity index (χ3v) is 4.83. The maximum Gasteiger partial charge on any atom is 0.253 e. The first-order chi connectivity index (χ1) is 12.0. The molecule has 3 rings (SSSR count). The average molecular weight is 356 g/mol. The van der Waals surface area contributed by atoms with Gasteiger partial charge in [0.2, 0.25) is 0 Å². The van der Waals surface area contributed by atoms with Crippen molar-refractivity contribution in [1.82, 2.24) is 14.8 Å². The SMILES string of the molecule is CN(C)C(CNC(=O)c1cn(C)c2ccccc12)c1ccccc1Cl. The molecule has 3 aromatic rings. The van der Waals surface area contributed by atoms with Crippen LogP contribution in [0.15, 0.2) is 54.7 Å². The first-order valence-electron chi connectivity index (χ1n) is 8.22. The molecule has 4 nitrogen and oxygen atoms in total. The second-order valence-corrected chi connectivity index (χ2v) is 6.79. The lowest BCUT2D eigenvalue weighted by atomic mass is 10.1. The summed E-state index contributed by atoms with van der Waals surface area (Å²) in [6.07, 6.45) is 1.88. The maximum atomic E-state index is 12.7. The van der Waals surface area contributed by atoms with Gasteiger partial charge in [-0.2, -0.15) is 0 Å². The Morgan fingerprint density at radius 2 is 1.84 bits per heavy atom. The molecule has 1 unspecified atom stereocenters. The van der Waals surface area contributed by atoms with Crippen LogP contribution < -0.4 is 5.32 Å². The minimum atomic E-state index is -0.0734. The molecule has 25 heavy (non-hydrogen) atoms. The summed E-state index contributed by atoms with van der Waals surface area (Å²) in [7, 11) is 5.92. The van der Waals surface area contributed by atoms with Crippen molar-refractivity contribution >= 4 is 28.4 Å². The van der Waals surface area contributed by atoms with Crippen LogP contribution in [0.25, 0.3) is 10.9 Å². The molecule has 2 aromatic carbocycles. The van der Waals surface area contributed by atoms with Crippen LogP contribution in [-0.4, -0.2) is 36.0 Å². The number of carbonyl (C=O) groups is 1. The minimum Gasteiger partial charge on any atom is -0.350 e. The van der Waals surface area contributed by atoms with Crippen molar-refractivity contribution < 1.29 is 4.79 Å². The maximum absolute atomic E-state index is 12.7. The van der Waals surface area contributed by atoms with Gasteiger partial charge in [-0.15, -0.1) is 0 Å². The highest BCUT2D eigenvalue weighted by Crippen LogP contribution is 2.26. The number of carbonyl (C=O) groups excluding carboxylic acids is 1. The second kappa shape index (κ2) is 7.30. The molecule has 0 fully saturated rings. The molecule has 0 radical (unpaired) electrons. The number of halogens is 1. The number of amides is 1. The molecule has 5 heteroatoms. The Kier molecular flexibility index (Phi) is 5.11. The quantitative estimate of drug-likeness (QED) is 0.754. The molecule has 0 aliphatic rings. The number of para-hydroxylation sites is 1. The van der Waals surface area contributed by atoms with Crippen LogP contribution in [0.1, 0.15) is 22.0 Å². The van der Waals surface area contributed by atoms with Crippen molar-refractivity contribution in [3.63, 3.8) is 0 Å². The minimum absolute atomic E-state index is 0.00706. The number of hydrogen-bond acceptors (Lipinski definition) is 2. The third kappa shape index (κ3) is 3.55. The Labute approximate surface area is 153 Å². The summed E-state index contributed by atoms with van der Waals surface area (Å²) in [6.45, 7) is 0.485. The van der Waals surface area contributed by atoms with Gasteiger partial charge in [-0.05, 0) is 31.8 Å². The highest BCUT2D eigenvalue weighted by molar-refractivity contribution is 6.31. The van der Waals surface area contributed by atoms with Crippen molar-refractivity contribution in [2.45, 2.75) is 6.04 Å². The summed E-state index contributed by atoms with van der Waals surface area (Å²) in [6, 6.07) is 15.7. The summed E-state index contributed by atoms with van der Waals surface area (Å²) in [5.74, 6) is -0.0734.